The van der Waals surface area contributed by atoms with E-state index in [4.69, 9.17) is 0 Å². The lowest BCUT2D eigenvalue weighted by Crippen LogP contribution is -2.37. The Bertz CT molecular complexity index is 1530. The molecule has 0 aliphatic carbocycles. The monoisotopic (exact) mass is 543 g/mol. The summed E-state index contributed by atoms with van der Waals surface area (Å²) in [5, 5.41) is 29.0. The van der Waals surface area contributed by atoms with Gasteiger partial charge in [0.25, 0.3) is 5.52 Å². The van der Waals surface area contributed by atoms with Gasteiger partial charge < -0.3 is 10.3 Å². The molecular weight excluding hydrogens is 510 g/mol. The quantitative estimate of drug-likeness (QED) is 0.160. The number of hydrogen-bond acceptors (Lipinski definition) is 3. The fourth-order valence-electron chi connectivity index (χ4n) is 5.43. The minimum Gasteiger partial charge on any atom is -0.692 e. The second-order valence-electron chi connectivity index (χ2n) is 12.5. The van der Waals surface area contributed by atoms with Crippen molar-refractivity contribution in [1.29, 1.82) is 0 Å². The van der Waals surface area contributed by atoms with E-state index in [1.807, 2.05) is 19.9 Å². The van der Waals surface area contributed by atoms with Crippen LogP contribution in [0, 0.1) is 16.4 Å². The number of fused-ring (bicyclic) bond motifs is 1. The molecule has 1 aromatic heterocycles. The highest BCUT2D eigenvalue weighted by Crippen LogP contribution is 2.45. The van der Waals surface area contributed by atoms with E-state index in [9.17, 15) is 27.9 Å². The zero-order valence-electron chi connectivity index (χ0n) is 23.1. The molecule has 0 aliphatic heterocycles. The van der Waals surface area contributed by atoms with Crippen molar-refractivity contribution >= 4 is 11.0 Å². The van der Waals surface area contributed by atoms with Crippen LogP contribution in [0.25, 0.3) is 16.7 Å². The number of alkyl halides is 3. The van der Waals surface area contributed by atoms with Gasteiger partial charge in [-0.2, -0.15) is 13.2 Å². The molecule has 39 heavy (non-hydrogen) atoms. The van der Waals surface area contributed by atoms with Gasteiger partial charge in [0.15, 0.2) is 11.4 Å². The Morgan fingerprint density at radius 2 is 1.44 bits per heavy atom. The molecule has 0 fully saturated rings. The normalized spacial score (nSPS) is 13.3. The second kappa shape index (κ2) is 9.24. The summed E-state index contributed by atoms with van der Waals surface area (Å²) in [7, 11) is 0. The molecule has 0 radical (unpaired) electrons. The fraction of sp³-hybridized carbons (Fsp3) is 0.400. The van der Waals surface area contributed by atoms with Crippen molar-refractivity contribution in [3.63, 3.8) is 0 Å². The summed E-state index contributed by atoms with van der Waals surface area (Å²) in [4.78, 5) is 1.26. The van der Waals surface area contributed by atoms with Crippen molar-refractivity contribution in [2.75, 3.05) is 0 Å². The molecule has 0 aliphatic rings. The topological polar surface area (TPSA) is 65.0 Å². The molecule has 1 heterocycles. The second-order valence-corrected chi connectivity index (χ2v) is 12.5. The SMILES string of the molecule is CC(C)(C)CC(C)(C)c1cc(-n2nc3cc(C(F)(F)F)ccc3[n+]2[O-])c(O)c(C(C)(C)c2ccc(F)cc2)c1. The number of hydrogen-bond donors (Lipinski definition) is 1. The van der Waals surface area contributed by atoms with E-state index in [0.717, 1.165) is 40.5 Å². The first-order valence-corrected chi connectivity index (χ1v) is 12.7. The number of nitrogens with zero attached hydrogens (tertiary/aromatic N) is 3. The van der Waals surface area contributed by atoms with Gasteiger partial charge in [-0.05, 0) is 63.5 Å². The summed E-state index contributed by atoms with van der Waals surface area (Å²) in [5.41, 5.74) is -0.402. The predicted molar refractivity (Wildman–Crippen MR) is 142 cm³/mol. The average Bonchev–Trinajstić information content (AvgIpc) is 3.12. The number of aromatic nitrogens is 3. The summed E-state index contributed by atoms with van der Waals surface area (Å²) in [6, 6.07) is 12.2. The van der Waals surface area contributed by atoms with Gasteiger partial charge in [0, 0.05) is 17.0 Å². The first kappa shape index (κ1) is 28.4. The van der Waals surface area contributed by atoms with Crippen LogP contribution in [-0.2, 0) is 17.0 Å². The van der Waals surface area contributed by atoms with Gasteiger partial charge in [-0.1, -0.05) is 66.7 Å². The molecule has 0 saturated heterocycles. The van der Waals surface area contributed by atoms with Crippen molar-refractivity contribution < 1.29 is 27.5 Å². The van der Waals surface area contributed by atoms with Crippen molar-refractivity contribution in [2.24, 2.45) is 5.41 Å². The summed E-state index contributed by atoms with van der Waals surface area (Å²) in [5.74, 6) is -0.638. The zero-order valence-corrected chi connectivity index (χ0v) is 23.1. The fourth-order valence-corrected chi connectivity index (χ4v) is 5.43. The number of benzene rings is 3. The molecule has 5 nitrogen and oxygen atoms in total. The van der Waals surface area contributed by atoms with E-state index < -0.39 is 28.4 Å². The van der Waals surface area contributed by atoms with Crippen LogP contribution in [0.4, 0.5) is 17.6 Å². The van der Waals surface area contributed by atoms with E-state index in [0.29, 0.717) is 10.4 Å². The van der Waals surface area contributed by atoms with Crippen LogP contribution in [0.1, 0.15) is 77.1 Å². The Labute approximate surface area is 225 Å². The molecule has 0 amide bonds. The maximum absolute atomic E-state index is 13.7. The molecule has 4 rings (SSSR count). The molecule has 1 N–H and O–H groups in total. The molecule has 0 saturated carbocycles. The molecule has 0 bridgehead atoms. The predicted octanol–water partition coefficient (Wildman–Crippen LogP) is 7.56. The van der Waals surface area contributed by atoms with Crippen molar-refractivity contribution in [1.82, 2.24) is 9.90 Å². The molecule has 208 valence electrons. The Hall–Kier alpha value is -3.62. The summed E-state index contributed by atoms with van der Waals surface area (Å²) >= 11 is 0. The lowest BCUT2D eigenvalue weighted by molar-refractivity contribution is -0.664. The lowest BCUT2D eigenvalue weighted by Gasteiger charge is -2.35. The summed E-state index contributed by atoms with van der Waals surface area (Å²) in [6.07, 6.45) is -3.84. The third-order valence-electron chi connectivity index (χ3n) is 7.18. The van der Waals surface area contributed by atoms with Crippen LogP contribution in [0.5, 0.6) is 5.75 Å². The number of halogens is 4. The Morgan fingerprint density at radius 1 is 0.846 bits per heavy atom. The Kier molecular flexibility index (Phi) is 6.73. The van der Waals surface area contributed by atoms with Crippen LogP contribution in [0.3, 0.4) is 0 Å². The first-order valence-electron chi connectivity index (χ1n) is 12.7. The minimum atomic E-state index is -4.60. The van der Waals surface area contributed by atoms with Crippen LogP contribution < -0.4 is 4.85 Å². The van der Waals surface area contributed by atoms with E-state index in [1.54, 1.807) is 18.2 Å². The molecule has 0 spiro atoms. The van der Waals surface area contributed by atoms with Gasteiger partial charge in [-0.3, -0.25) is 0 Å². The summed E-state index contributed by atoms with van der Waals surface area (Å²) in [6.45, 7) is 14.2. The van der Waals surface area contributed by atoms with Gasteiger partial charge in [0.1, 0.15) is 5.82 Å². The zero-order chi connectivity index (χ0) is 29.1. The van der Waals surface area contributed by atoms with Crippen LogP contribution in [0.15, 0.2) is 54.6 Å². The summed E-state index contributed by atoms with van der Waals surface area (Å²) < 4.78 is 53.6. The van der Waals surface area contributed by atoms with E-state index in [-0.39, 0.29) is 27.9 Å². The van der Waals surface area contributed by atoms with Crippen LogP contribution in [-0.4, -0.2) is 15.0 Å². The van der Waals surface area contributed by atoms with Gasteiger partial charge in [0.05, 0.1) is 10.7 Å². The van der Waals surface area contributed by atoms with Crippen molar-refractivity contribution in [3.05, 3.63) is 87.9 Å². The van der Waals surface area contributed by atoms with Crippen molar-refractivity contribution in [2.45, 2.75) is 71.9 Å². The highest BCUT2D eigenvalue weighted by atomic mass is 19.4. The molecular formula is C30H33F4N3O2. The molecule has 0 atom stereocenters. The van der Waals surface area contributed by atoms with E-state index in [2.05, 4.69) is 39.7 Å². The number of aromatic hydroxyl groups is 1. The molecule has 0 unspecified atom stereocenters. The average molecular weight is 544 g/mol. The highest BCUT2D eigenvalue weighted by molar-refractivity contribution is 5.72. The Balaban J connectivity index is 2.01. The van der Waals surface area contributed by atoms with Gasteiger partial charge in [-0.25, -0.2) is 4.39 Å². The third kappa shape index (κ3) is 5.44. The van der Waals surface area contributed by atoms with Crippen molar-refractivity contribution in [3.8, 4) is 11.4 Å². The maximum Gasteiger partial charge on any atom is 0.416 e. The minimum absolute atomic E-state index is 0.0411. The molecule has 9 heteroatoms. The van der Waals surface area contributed by atoms with Gasteiger partial charge >= 0.3 is 6.18 Å². The largest absolute Gasteiger partial charge is 0.692 e. The van der Waals surface area contributed by atoms with Gasteiger partial charge in [0.2, 0.25) is 5.52 Å². The van der Waals surface area contributed by atoms with E-state index >= 15 is 0 Å². The smallest absolute Gasteiger partial charge is 0.416 e. The molecule has 3 aromatic carbocycles. The Morgan fingerprint density at radius 3 is 2.00 bits per heavy atom. The van der Waals surface area contributed by atoms with Gasteiger partial charge in [-0.15, -0.1) is 4.85 Å². The van der Waals surface area contributed by atoms with Crippen LogP contribution in [0.2, 0.25) is 0 Å². The van der Waals surface area contributed by atoms with Crippen LogP contribution >= 0.6 is 0 Å². The first-order chi connectivity index (χ1) is 17.8. The number of phenolic OH excluding ortho intramolecular Hbond substituents is 1. The maximum atomic E-state index is 13.7. The number of rotatable bonds is 5. The lowest BCUT2D eigenvalue weighted by atomic mass is 9.70. The standard InChI is InChI=1S/C30H33F4N3O2/c1-27(2,3)17-28(4,5)20-14-22(29(6,7)18-8-11-21(31)12-9-18)26(38)25(16-20)36-35-23-15-19(30(32,33)34)10-13-24(23)37(36)39/h8-16,38H,17H2,1-7H3. The molecule has 4 aromatic rings. The van der Waals surface area contributed by atoms with E-state index in [1.165, 1.54) is 12.1 Å². The third-order valence-corrected chi connectivity index (χ3v) is 7.18. The highest BCUT2D eigenvalue weighted by Gasteiger charge is 2.36. The number of phenols is 1.